The van der Waals surface area contributed by atoms with Crippen LogP contribution in [-0.2, 0) is 9.59 Å². The number of carbonyl (C=O) groups is 2. The number of methoxy groups -OCH3 is 1. The van der Waals surface area contributed by atoms with Gasteiger partial charge in [-0.25, -0.2) is 0 Å². The summed E-state index contributed by atoms with van der Waals surface area (Å²) in [7, 11) is 1.58. The van der Waals surface area contributed by atoms with Crippen molar-refractivity contribution < 1.29 is 19.4 Å². The van der Waals surface area contributed by atoms with Crippen LogP contribution >= 0.6 is 0 Å². The van der Waals surface area contributed by atoms with E-state index in [1.807, 2.05) is 45.0 Å². The van der Waals surface area contributed by atoms with Gasteiger partial charge in [0.15, 0.2) is 0 Å². The second kappa shape index (κ2) is 5.39. The topological polar surface area (TPSA) is 75.6 Å². The van der Waals surface area contributed by atoms with Crippen molar-refractivity contribution in [2.75, 3.05) is 7.11 Å². The number of hydrogen-bond donors (Lipinski definition) is 2. The zero-order chi connectivity index (χ0) is 15.8. The highest BCUT2D eigenvalue weighted by Crippen LogP contribution is 2.58. The van der Waals surface area contributed by atoms with E-state index < -0.39 is 23.2 Å². The highest BCUT2D eigenvalue weighted by molar-refractivity contribution is 5.91. The molecule has 1 amide bonds. The number of hydrogen-bond acceptors (Lipinski definition) is 3. The Morgan fingerprint density at radius 1 is 1.29 bits per heavy atom. The maximum Gasteiger partial charge on any atom is 0.307 e. The largest absolute Gasteiger partial charge is 0.496 e. The second-order valence-electron chi connectivity index (χ2n) is 6.09. The van der Waals surface area contributed by atoms with Gasteiger partial charge in [0.05, 0.1) is 25.0 Å². The minimum absolute atomic E-state index is 0.217. The van der Waals surface area contributed by atoms with Crippen LogP contribution in [0.1, 0.15) is 32.4 Å². The number of amides is 1. The number of carboxylic acid groups (broad SMARTS) is 1. The van der Waals surface area contributed by atoms with E-state index in [9.17, 15) is 9.59 Å². The summed E-state index contributed by atoms with van der Waals surface area (Å²) in [5, 5.41) is 12.0. The van der Waals surface area contributed by atoms with E-state index in [-0.39, 0.29) is 11.9 Å². The van der Waals surface area contributed by atoms with Gasteiger partial charge in [-0.2, -0.15) is 0 Å². The first kappa shape index (κ1) is 15.4. The lowest BCUT2D eigenvalue weighted by molar-refractivity contribution is -0.140. The van der Waals surface area contributed by atoms with Gasteiger partial charge in [-0.15, -0.1) is 0 Å². The number of carbonyl (C=O) groups excluding carboxylic acids is 1. The molecule has 0 saturated heterocycles. The van der Waals surface area contributed by atoms with Crippen LogP contribution in [0.2, 0.25) is 0 Å². The number of nitrogens with one attached hydrogen (secondary N) is 1. The van der Waals surface area contributed by atoms with Crippen molar-refractivity contribution in [1.29, 1.82) is 0 Å². The molecule has 1 aromatic rings. The molecule has 1 aliphatic rings. The van der Waals surface area contributed by atoms with Crippen LogP contribution in [0, 0.1) is 17.3 Å². The van der Waals surface area contributed by atoms with Crippen LogP contribution in [0.25, 0.3) is 0 Å². The Morgan fingerprint density at radius 3 is 2.43 bits per heavy atom. The van der Waals surface area contributed by atoms with Crippen LogP contribution < -0.4 is 10.1 Å². The van der Waals surface area contributed by atoms with E-state index in [4.69, 9.17) is 9.84 Å². The molecular weight excluding hydrogens is 270 g/mol. The van der Waals surface area contributed by atoms with Gasteiger partial charge >= 0.3 is 5.97 Å². The summed E-state index contributed by atoms with van der Waals surface area (Å²) in [6, 6.07) is 7.22. The molecule has 114 valence electrons. The van der Waals surface area contributed by atoms with Crippen molar-refractivity contribution >= 4 is 11.9 Å². The monoisotopic (exact) mass is 291 g/mol. The van der Waals surface area contributed by atoms with Crippen molar-refractivity contribution in [2.45, 2.75) is 26.8 Å². The van der Waals surface area contributed by atoms with E-state index >= 15 is 0 Å². The van der Waals surface area contributed by atoms with Gasteiger partial charge in [0.25, 0.3) is 0 Å². The third-order valence-corrected chi connectivity index (χ3v) is 4.34. The van der Waals surface area contributed by atoms with E-state index in [0.29, 0.717) is 5.75 Å². The molecule has 5 nitrogen and oxygen atoms in total. The first-order chi connectivity index (χ1) is 9.80. The molecule has 0 spiro atoms. The first-order valence-corrected chi connectivity index (χ1v) is 6.96. The number of rotatable bonds is 5. The second-order valence-corrected chi connectivity index (χ2v) is 6.09. The van der Waals surface area contributed by atoms with Gasteiger partial charge in [-0.1, -0.05) is 32.0 Å². The molecule has 0 bridgehead atoms. The quantitative estimate of drug-likeness (QED) is 0.872. The molecule has 0 aliphatic heterocycles. The van der Waals surface area contributed by atoms with E-state index in [0.717, 1.165) is 5.56 Å². The summed E-state index contributed by atoms with van der Waals surface area (Å²) in [4.78, 5) is 23.5. The molecule has 2 N–H and O–H groups in total. The maximum atomic E-state index is 12.3. The summed E-state index contributed by atoms with van der Waals surface area (Å²) in [6.07, 6.45) is 0. The van der Waals surface area contributed by atoms with Crippen LogP contribution in [-0.4, -0.2) is 24.1 Å². The van der Waals surface area contributed by atoms with Gasteiger partial charge in [0, 0.05) is 5.56 Å². The zero-order valence-corrected chi connectivity index (χ0v) is 12.7. The van der Waals surface area contributed by atoms with Crippen molar-refractivity contribution in [1.82, 2.24) is 5.32 Å². The van der Waals surface area contributed by atoms with Gasteiger partial charge in [0.2, 0.25) is 5.91 Å². The summed E-state index contributed by atoms with van der Waals surface area (Å²) in [5.74, 6) is -1.51. The average Bonchev–Trinajstić information content (AvgIpc) is 3.01. The molecule has 0 heterocycles. The Bertz CT molecular complexity index is 567. The normalized spacial score (nSPS) is 24.0. The lowest BCUT2D eigenvalue weighted by atomic mass is 10.1. The molecule has 21 heavy (non-hydrogen) atoms. The van der Waals surface area contributed by atoms with E-state index in [2.05, 4.69) is 5.32 Å². The van der Waals surface area contributed by atoms with Crippen LogP contribution in [0.5, 0.6) is 5.75 Å². The van der Waals surface area contributed by atoms with Gasteiger partial charge in [-0.3, -0.25) is 9.59 Å². The summed E-state index contributed by atoms with van der Waals surface area (Å²) < 4.78 is 5.28. The third-order valence-electron chi connectivity index (χ3n) is 4.34. The average molecular weight is 291 g/mol. The predicted octanol–water partition coefficient (Wildman–Crippen LogP) is 2.23. The maximum absolute atomic E-state index is 12.3. The lowest BCUT2D eigenvalue weighted by Crippen LogP contribution is -2.30. The van der Waals surface area contributed by atoms with Crippen molar-refractivity contribution in [3.63, 3.8) is 0 Å². The number of aliphatic carboxylic acids is 1. The van der Waals surface area contributed by atoms with Crippen LogP contribution in [0.3, 0.4) is 0 Å². The van der Waals surface area contributed by atoms with Gasteiger partial charge in [0.1, 0.15) is 5.75 Å². The molecule has 3 atom stereocenters. The molecule has 2 rings (SSSR count). The minimum Gasteiger partial charge on any atom is -0.496 e. The predicted molar refractivity (Wildman–Crippen MR) is 77.9 cm³/mol. The summed E-state index contributed by atoms with van der Waals surface area (Å²) >= 11 is 0. The SMILES string of the molecule is COc1ccccc1C(C)NC(=O)[C@H]1[C@@H](C(=O)O)C1(C)C. The van der Waals surface area contributed by atoms with Crippen LogP contribution in [0.4, 0.5) is 0 Å². The van der Waals surface area contributed by atoms with Gasteiger partial charge < -0.3 is 15.2 Å². The van der Waals surface area contributed by atoms with Crippen LogP contribution in [0.15, 0.2) is 24.3 Å². The summed E-state index contributed by atoms with van der Waals surface area (Å²) in [6.45, 7) is 5.48. The Morgan fingerprint density at radius 2 is 1.90 bits per heavy atom. The summed E-state index contributed by atoms with van der Waals surface area (Å²) in [5.41, 5.74) is 0.384. The number of carboxylic acids is 1. The fourth-order valence-electron chi connectivity index (χ4n) is 2.99. The number of benzene rings is 1. The smallest absolute Gasteiger partial charge is 0.307 e. The first-order valence-electron chi connectivity index (χ1n) is 6.96. The van der Waals surface area contributed by atoms with E-state index in [1.165, 1.54) is 0 Å². The van der Waals surface area contributed by atoms with Crippen molar-refractivity contribution in [3.8, 4) is 5.75 Å². The molecule has 1 aliphatic carbocycles. The fourth-order valence-corrected chi connectivity index (χ4v) is 2.99. The van der Waals surface area contributed by atoms with Gasteiger partial charge in [-0.05, 0) is 18.4 Å². The molecule has 1 fully saturated rings. The highest BCUT2D eigenvalue weighted by atomic mass is 16.5. The molecule has 5 heteroatoms. The molecule has 1 saturated carbocycles. The van der Waals surface area contributed by atoms with E-state index in [1.54, 1.807) is 7.11 Å². The third kappa shape index (κ3) is 2.73. The molecule has 0 radical (unpaired) electrons. The lowest BCUT2D eigenvalue weighted by Gasteiger charge is -2.17. The highest BCUT2D eigenvalue weighted by Gasteiger charge is 2.65. The number of ether oxygens (including phenoxy) is 1. The minimum atomic E-state index is -0.912. The zero-order valence-electron chi connectivity index (χ0n) is 12.7. The Hall–Kier alpha value is -2.04. The van der Waals surface area contributed by atoms with Crippen molar-refractivity contribution in [2.24, 2.45) is 17.3 Å². The Balaban J connectivity index is 2.09. The molecule has 0 aromatic heterocycles. The molecular formula is C16H21NO4. The molecule has 1 aromatic carbocycles. The Labute approximate surface area is 124 Å². The standard InChI is InChI=1S/C16H21NO4/c1-9(10-7-5-6-8-11(10)21-4)17-14(18)12-13(15(19)20)16(12,2)3/h5-9,12-13H,1-4H3,(H,17,18)(H,19,20)/t9?,12-,13+/m1/s1. The number of para-hydroxylation sites is 1. The Kier molecular flexibility index (Phi) is 3.94. The van der Waals surface area contributed by atoms with Crippen molar-refractivity contribution in [3.05, 3.63) is 29.8 Å². The molecule has 1 unspecified atom stereocenters. The fraction of sp³-hybridized carbons (Fsp3) is 0.500.